The minimum Gasteiger partial charge on any atom is -0.504 e. The van der Waals surface area contributed by atoms with E-state index in [0.29, 0.717) is 44.7 Å². The van der Waals surface area contributed by atoms with Crippen LogP contribution in [0.4, 0.5) is 0 Å². The second kappa shape index (κ2) is 11.3. The number of para-hydroxylation sites is 1. The van der Waals surface area contributed by atoms with Crippen molar-refractivity contribution in [2.75, 3.05) is 19.5 Å². The summed E-state index contributed by atoms with van der Waals surface area (Å²) in [6, 6.07) is 12.3. The first-order valence-electron chi connectivity index (χ1n) is 12.1. The van der Waals surface area contributed by atoms with Gasteiger partial charge in [0.2, 0.25) is 0 Å². The standard InChI is InChI=1S/C27H26N4O5S2/c1-3-36-18-12-10-17(11-13-18)31-26(34)23-19-7-5-9-21(19)38-25(23)29-27(31)37-15-22(32)30-28-14-16-6-4-8-20(35-2)24(16)33/h4,6,8,10-14,33H,3,5,7,9,15H2,1-2H3,(H,30,32)/b28-14+. The van der Waals surface area contributed by atoms with Crippen LogP contribution in [0.3, 0.4) is 0 Å². The van der Waals surface area contributed by atoms with Crippen LogP contribution in [0.1, 0.15) is 29.3 Å². The molecule has 2 N–H and O–H groups in total. The monoisotopic (exact) mass is 550 g/mol. The van der Waals surface area contributed by atoms with Crippen molar-refractivity contribution in [1.29, 1.82) is 0 Å². The Morgan fingerprint density at radius 1 is 1.26 bits per heavy atom. The Morgan fingerprint density at radius 3 is 2.84 bits per heavy atom. The van der Waals surface area contributed by atoms with Gasteiger partial charge in [0.15, 0.2) is 16.7 Å². The van der Waals surface area contributed by atoms with Gasteiger partial charge < -0.3 is 14.6 Å². The fourth-order valence-corrected chi connectivity index (χ4v) is 6.46. The molecule has 196 valence electrons. The van der Waals surface area contributed by atoms with Gasteiger partial charge in [0.1, 0.15) is 10.6 Å². The van der Waals surface area contributed by atoms with Gasteiger partial charge in [-0.1, -0.05) is 17.8 Å². The van der Waals surface area contributed by atoms with E-state index in [1.807, 2.05) is 31.2 Å². The van der Waals surface area contributed by atoms with Gasteiger partial charge in [-0.2, -0.15) is 5.10 Å². The first-order chi connectivity index (χ1) is 18.5. The molecule has 0 saturated heterocycles. The summed E-state index contributed by atoms with van der Waals surface area (Å²) in [7, 11) is 1.46. The lowest BCUT2D eigenvalue weighted by atomic mass is 10.2. The molecular weight excluding hydrogens is 524 g/mol. The van der Waals surface area contributed by atoms with Gasteiger partial charge in [0.05, 0.1) is 36.8 Å². The van der Waals surface area contributed by atoms with Crippen LogP contribution in [0.5, 0.6) is 17.2 Å². The first kappa shape index (κ1) is 25.8. The quantitative estimate of drug-likeness (QED) is 0.138. The average molecular weight is 551 g/mol. The number of aryl methyl sites for hydroxylation is 2. The van der Waals surface area contributed by atoms with Gasteiger partial charge in [-0.25, -0.2) is 10.4 Å². The highest BCUT2D eigenvalue weighted by molar-refractivity contribution is 7.99. The highest BCUT2D eigenvalue weighted by Gasteiger charge is 2.24. The number of phenolic OH excluding ortho intramolecular Hbond substituents is 1. The van der Waals surface area contributed by atoms with Crippen molar-refractivity contribution >= 4 is 45.4 Å². The van der Waals surface area contributed by atoms with Gasteiger partial charge in [-0.05, 0) is 68.1 Å². The van der Waals surface area contributed by atoms with E-state index in [9.17, 15) is 14.7 Å². The highest BCUT2D eigenvalue weighted by atomic mass is 32.2. The van der Waals surface area contributed by atoms with Crippen LogP contribution in [0.2, 0.25) is 0 Å². The molecule has 0 saturated carbocycles. The molecule has 2 aromatic carbocycles. The van der Waals surface area contributed by atoms with Crippen molar-refractivity contribution in [2.24, 2.45) is 5.10 Å². The summed E-state index contributed by atoms with van der Waals surface area (Å²) in [4.78, 5) is 33.1. The summed E-state index contributed by atoms with van der Waals surface area (Å²) in [6.07, 6.45) is 4.23. The molecule has 0 fully saturated rings. The smallest absolute Gasteiger partial charge is 0.267 e. The van der Waals surface area contributed by atoms with Crippen molar-refractivity contribution < 1.29 is 19.4 Å². The number of carbonyl (C=O) groups excluding carboxylic acids is 1. The zero-order valence-corrected chi connectivity index (χ0v) is 22.5. The Labute approximate surface area is 227 Å². The molecule has 38 heavy (non-hydrogen) atoms. The lowest BCUT2D eigenvalue weighted by Crippen LogP contribution is -2.24. The fraction of sp³-hybridized carbons (Fsp3) is 0.259. The van der Waals surface area contributed by atoms with E-state index in [1.54, 1.807) is 34.1 Å². The van der Waals surface area contributed by atoms with Gasteiger partial charge in [-0.15, -0.1) is 11.3 Å². The molecule has 1 aliphatic rings. The number of aromatic hydroxyl groups is 1. The Bertz CT molecular complexity index is 1580. The maximum atomic E-state index is 13.8. The number of aromatic nitrogens is 2. The number of amides is 1. The molecule has 2 aromatic heterocycles. The molecule has 9 nitrogen and oxygen atoms in total. The molecule has 0 spiro atoms. The summed E-state index contributed by atoms with van der Waals surface area (Å²) >= 11 is 2.72. The number of rotatable bonds is 9. The zero-order valence-electron chi connectivity index (χ0n) is 20.9. The number of hydrogen-bond acceptors (Lipinski definition) is 9. The van der Waals surface area contributed by atoms with Crippen LogP contribution in [0, 0.1) is 0 Å². The molecule has 0 aliphatic heterocycles. The van der Waals surface area contributed by atoms with Crippen molar-refractivity contribution in [3.8, 4) is 22.9 Å². The van der Waals surface area contributed by atoms with Crippen LogP contribution in [0.25, 0.3) is 15.9 Å². The van der Waals surface area contributed by atoms with Crippen molar-refractivity contribution in [2.45, 2.75) is 31.3 Å². The summed E-state index contributed by atoms with van der Waals surface area (Å²) in [6.45, 7) is 2.46. The van der Waals surface area contributed by atoms with E-state index in [0.717, 1.165) is 36.6 Å². The number of methoxy groups -OCH3 is 1. The number of ether oxygens (including phenoxy) is 2. The number of benzene rings is 2. The second-order valence-electron chi connectivity index (χ2n) is 8.48. The van der Waals surface area contributed by atoms with Gasteiger partial charge in [0.25, 0.3) is 11.5 Å². The normalized spacial score (nSPS) is 12.7. The van der Waals surface area contributed by atoms with Crippen LogP contribution in [-0.4, -0.2) is 46.2 Å². The minimum absolute atomic E-state index is 0.0124. The number of thiophene rings is 1. The molecule has 11 heteroatoms. The highest BCUT2D eigenvalue weighted by Crippen LogP contribution is 2.36. The largest absolute Gasteiger partial charge is 0.504 e. The molecule has 0 bridgehead atoms. The average Bonchev–Trinajstić information content (AvgIpc) is 3.50. The third kappa shape index (κ3) is 5.11. The molecule has 1 amide bonds. The predicted molar refractivity (Wildman–Crippen MR) is 150 cm³/mol. The fourth-order valence-electron chi connectivity index (χ4n) is 4.35. The van der Waals surface area contributed by atoms with Gasteiger partial charge >= 0.3 is 0 Å². The third-order valence-corrected chi connectivity index (χ3v) is 8.21. The second-order valence-corrected chi connectivity index (χ2v) is 10.5. The Hall–Kier alpha value is -3.83. The molecule has 5 rings (SSSR count). The van der Waals surface area contributed by atoms with E-state index < -0.39 is 0 Å². The zero-order chi connectivity index (χ0) is 26.6. The molecular formula is C27H26N4O5S2. The Morgan fingerprint density at radius 2 is 2.08 bits per heavy atom. The summed E-state index contributed by atoms with van der Waals surface area (Å²) < 4.78 is 12.2. The van der Waals surface area contributed by atoms with E-state index >= 15 is 0 Å². The molecule has 4 aromatic rings. The van der Waals surface area contributed by atoms with E-state index in [1.165, 1.54) is 18.2 Å². The Balaban J connectivity index is 1.40. The molecule has 0 radical (unpaired) electrons. The first-order valence-corrected chi connectivity index (χ1v) is 13.9. The third-order valence-electron chi connectivity index (χ3n) is 6.09. The summed E-state index contributed by atoms with van der Waals surface area (Å²) in [5.41, 5.74) is 4.49. The van der Waals surface area contributed by atoms with Crippen molar-refractivity contribution in [3.63, 3.8) is 0 Å². The maximum absolute atomic E-state index is 13.8. The van der Waals surface area contributed by atoms with E-state index in [4.69, 9.17) is 14.5 Å². The number of fused-ring (bicyclic) bond motifs is 3. The summed E-state index contributed by atoms with van der Waals surface area (Å²) in [5.74, 6) is 0.561. The molecule has 0 atom stereocenters. The SMILES string of the molecule is CCOc1ccc(-n2c(SCC(=O)N/N=C/c3cccc(OC)c3O)nc3sc4c(c3c2=O)CCC4)cc1. The number of nitrogens with one attached hydrogen (secondary N) is 1. The number of hydrazone groups is 1. The lowest BCUT2D eigenvalue weighted by Gasteiger charge is -2.13. The van der Waals surface area contributed by atoms with Crippen LogP contribution in [-0.2, 0) is 17.6 Å². The van der Waals surface area contributed by atoms with Crippen LogP contribution >= 0.6 is 23.1 Å². The number of nitrogens with zero attached hydrogens (tertiary/aromatic N) is 3. The van der Waals surface area contributed by atoms with Gasteiger partial charge in [-0.3, -0.25) is 14.2 Å². The number of hydrogen-bond donors (Lipinski definition) is 2. The van der Waals surface area contributed by atoms with Gasteiger partial charge in [0, 0.05) is 10.4 Å². The molecule has 1 aliphatic carbocycles. The minimum atomic E-state index is -0.380. The molecule has 0 unspecified atom stereocenters. The van der Waals surface area contributed by atoms with E-state index in [2.05, 4.69) is 10.5 Å². The maximum Gasteiger partial charge on any atom is 0.267 e. The van der Waals surface area contributed by atoms with Crippen LogP contribution in [0.15, 0.2) is 57.5 Å². The topological polar surface area (TPSA) is 115 Å². The van der Waals surface area contributed by atoms with Crippen LogP contribution < -0.4 is 20.5 Å². The Kier molecular flexibility index (Phi) is 7.66. The number of phenols is 1. The lowest BCUT2D eigenvalue weighted by molar-refractivity contribution is -0.118. The van der Waals surface area contributed by atoms with Crippen molar-refractivity contribution in [1.82, 2.24) is 15.0 Å². The van der Waals surface area contributed by atoms with E-state index in [-0.39, 0.29) is 23.0 Å². The summed E-state index contributed by atoms with van der Waals surface area (Å²) in [5, 5.41) is 15.2. The molecule has 2 heterocycles. The van der Waals surface area contributed by atoms with Crippen molar-refractivity contribution in [3.05, 3.63) is 68.8 Å². The number of thioether (sulfide) groups is 1. The predicted octanol–water partition coefficient (Wildman–Crippen LogP) is 4.29. The number of carbonyl (C=O) groups is 1.